The molecule has 2 N–H and O–H groups in total. The van der Waals surface area contributed by atoms with Gasteiger partial charge in [-0.25, -0.2) is 0 Å². The molecule has 0 bridgehead atoms. The lowest BCUT2D eigenvalue weighted by Crippen LogP contribution is -2.47. The minimum atomic E-state index is -0.457. The highest BCUT2D eigenvalue weighted by molar-refractivity contribution is 5.97. The Morgan fingerprint density at radius 1 is 1.43 bits per heavy atom. The maximum atomic E-state index is 12.3. The molecule has 0 radical (unpaired) electrons. The monoisotopic (exact) mass is 284 g/mol. The highest BCUT2D eigenvalue weighted by Gasteiger charge is 2.35. The number of nitrogens with one attached hydrogen (secondary N) is 2. The van der Waals surface area contributed by atoms with E-state index in [-0.39, 0.29) is 5.91 Å². The summed E-state index contributed by atoms with van der Waals surface area (Å²) in [4.78, 5) is 12.3. The highest BCUT2D eigenvalue weighted by Crippen LogP contribution is 2.20. The maximum Gasteiger partial charge on any atom is 0.244 e. The van der Waals surface area contributed by atoms with Crippen LogP contribution in [0, 0.1) is 0 Å². The van der Waals surface area contributed by atoms with Crippen LogP contribution in [-0.2, 0) is 11.3 Å². The Labute approximate surface area is 124 Å². The molecule has 1 aliphatic rings. The lowest BCUT2D eigenvalue weighted by atomic mass is 9.99. The normalized spacial score (nSPS) is 21.4. The van der Waals surface area contributed by atoms with Crippen molar-refractivity contribution in [2.75, 3.05) is 11.9 Å². The van der Waals surface area contributed by atoms with Gasteiger partial charge in [0.25, 0.3) is 0 Å². The highest BCUT2D eigenvalue weighted by atomic mass is 16.2. The minimum Gasteiger partial charge on any atom is -0.322 e. The topological polar surface area (TPSA) is 59.0 Å². The molecule has 0 aliphatic carbocycles. The van der Waals surface area contributed by atoms with Gasteiger partial charge in [-0.2, -0.15) is 5.10 Å². The summed E-state index contributed by atoms with van der Waals surface area (Å²) in [6, 6.07) is 10.1. The SMILES string of the molecule is CC1(C(=O)Nc2cnn(Cc3ccccc3)c2)CCCN1. The van der Waals surface area contributed by atoms with Crippen LogP contribution in [0.4, 0.5) is 5.69 Å². The minimum absolute atomic E-state index is 0.0132. The van der Waals surface area contributed by atoms with Gasteiger partial charge in [0.05, 0.1) is 24.0 Å². The summed E-state index contributed by atoms with van der Waals surface area (Å²) in [6.45, 7) is 3.55. The van der Waals surface area contributed by atoms with E-state index >= 15 is 0 Å². The van der Waals surface area contributed by atoms with E-state index in [4.69, 9.17) is 0 Å². The van der Waals surface area contributed by atoms with Crippen molar-refractivity contribution in [1.82, 2.24) is 15.1 Å². The number of amides is 1. The molecule has 0 saturated carbocycles. The zero-order valence-corrected chi connectivity index (χ0v) is 12.2. The molecule has 2 aromatic rings. The van der Waals surface area contributed by atoms with Crippen LogP contribution in [0.1, 0.15) is 25.3 Å². The largest absolute Gasteiger partial charge is 0.322 e. The third kappa shape index (κ3) is 3.13. The van der Waals surface area contributed by atoms with Crippen molar-refractivity contribution < 1.29 is 4.79 Å². The van der Waals surface area contributed by atoms with Gasteiger partial charge >= 0.3 is 0 Å². The smallest absolute Gasteiger partial charge is 0.244 e. The first-order chi connectivity index (χ1) is 10.2. The number of nitrogens with zero attached hydrogens (tertiary/aromatic N) is 2. The number of carbonyl (C=O) groups excluding carboxylic acids is 1. The van der Waals surface area contributed by atoms with Crippen molar-refractivity contribution in [2.24, 2.45) is 0 Å². The summed E-state index contributed by atoms with van der Waals surface area (Å²) < 4.78 is 1.83. The molecule has 3 rings (SSSR count). The molecule has 5 heteroatoms. The van der Waals surface area contributed by atoms with Crippen LogP contribution in [0.5, 0.6) is 0 Å². The van der Waals surface area contributed by atoms with Crippen LogP contribution in [0.3, 0.4) is 0 Å². The van der Waals surface area contributed by atoms with Crippen LogP contribution >= 0.6 is 0 Å². The fourth-order valence-electron chi connectivity index (χ4n) is 2.64. The number of aromatic nitrogens is 2. The Morgan fingerprint density at radius 2 is 2.24 bits per heavy atom. The Bertz CT molecular complexity index is 614. The number of hydrogen-bond acceptors (Lipinski definition) is 3. The van der Waals surface area contributed by atoms with E-state index in [0.717, 1.165) is 25.1 Å². The van der Waals surface area contributed by atoms with E-state index in [1.807, 2.05) is 36.0 Å². The molecule has 1 amide bonds. The molecule has 1 aromatic heterocycles. The van der Waals surface area contributed by atoms with Gasteiger partial charge < -0.3 is 10.6 Å². The van der Waals surface area contributed by atoms with Crippen molar-refractivity contribution in [3.05, 3.63) is 48.3 Å². The zero-order valence-electron chi connectivity index (χ0n) is 12.2. The molecule has 21 heavy (non-hydrogen) atoms. The second kappa shape index (κ2) is 5.69. The molecular formula is C16H20N4O. The van der Waals surface area contributed by atoms with E-state index in [9.17, 15) is 4.79 Å². The molecule has 110 valence electrons. The molecular weight excluding hydrogens is 264 g/mol. The van der Waals surface area contributed by atoms with Gasteiger partial charge in [0.1, 0.15) is 0 Å². The Kier molecular flexibility index (Phi) is 3.75. The fraction of sp³-hybridized carbons (Fsp3) is 0.375. The van der Waals surface area contributed by atoms with Gasteiger partial charge in [0, 0.05) is 6.20 Å². The van der Waals surface area contributed by atoms with Crippen LogP contribution < -0.4 is 10.6 Å². The van der Waals surface area contributed by atoms with Gasteiger partial charge in [0.15, 0.2) is 0 Å². The second-order valence-electron chi connectivity index (χ2n) is 5.73. The number of hydrogen-bond donors (Lipinski definition) is 2. The molecule has 1 unspecified atom stereocenters. The lowest BCUT2D eigenvalue weighted by molar-refractivity contribution is -0.121. The van der Waals surface area contributed by atoms with Gasteiger partial charge in [-0.1, -0.05) is 30.3 Å². The number of benzene rings is 1. The molecule has 0 spiro atoms. The van der Waals surface area contributed by atoms with Crippen LogP contribution in [0.2, 0.25) is 0 Å². The molecule has 1 saturated heterocycles. The van der Waals surface area contributed by atoms with Crippen molar-refractivity contribution in [1.29, 1.82) is 0 Å². The van der Waals surface area contributed by atoms with E-state index in [2.05, 4.69) is 27.9 Å². The van der Waals surface area contributed by atoms with Gasteiger partial charge in [0.2, 0.25) is 5.91 Å². The van der Waals surface area contributed by atoms with E-state index < -0.39 is 5.54 Å². The average Bonchev–Trinajstić information content (AvgIpc) is 3.10. The van der Waals surface area contributed by atoms with E-state index in [0.29, 0.717) is 6.54 Å². The summed E-state index contributed by atoms with van der Waals surface area (Å²) in [5.74, 6) is 0.0132. The van der Waals surface area contributed by atoms with Crippen molar-refractivity contribution in [3.63, 3.8) is 0 Å². The molecule has 2 heterocycles. The van der Waals surface area contributed by atoms with Crippen molar-refractivity contribution >= 4 is 11.6 Å². The van der Waals surface area contributed by atoms with Crippen LogP contribution in [-0.4, -0.2) is 27.8 Å². The molecule has 1 fully saturated rings. The summed E-state index contributed by atoms with van der Waals surface area (Å²) >= 11 is 0. The summed E-state index contributed by atoms with van der Waals surface area (Å²) in [5, 5.41) is 10.5. The second-order valence-corrected chi connectivity index (χ2v) is 5.73. The third-order valence-electron chi connectivity index (χ3n) is 3.95. The third-order valence-corrected chi connectivity index (χ3v) is 3.95. The average molecular weight is 284 g/mol. The standard InChI is InChI=1S/C16H20N4O/c1-16(8-5-9-17-16)15(21)19-14-10-18-20(12-14)11-13-6-3-2-4-7-13/h2-4,6-7,10,12,17H,5,8-9,11H2,1H3,(H,19,21). The maximum absolute atomic E-state index is 12.3. The fourth-order valence-corrected chi connectivity index (χ4v) is 2.64. The van der Waals surface area contributed by atoms with Crippen LogP contribution in [0.25, 0.3) is 0 Å². The molecule has 1 atom stereocenters. The van der Waals surface area contributed by atoms with Gasteiger partial charge in [-0.15, -0.1) is 0 Å². The predicted octanol–water partition coefficient (Wildman–Crippen LogP) is 2.01. The first-order valence-electron chi connectivity index (χ1n) is 7.29. The zero-order chi connectivity index (χ0) is 14.7. The predicted molar refractivity (Wildman–Crippen MR) is 82.0 cm³/mol. The lowest BCUT2D eigenvalue weighted by Gasteiger charge is -2.22. The first-order valence-corrected chi connectivity index (χ1v) is 7.29. The Balaban J connectivity index is 1.64. The summed E-state index contributed by atoms with van der Waals surface area (Å²) in [5.41, 5.74) is 1.47. The summed E-state index contributed by atoms with van der Waals surface area (Å²) in [7, 11) is 0. The summed E-state index contributed by atoms with van der Waals surface area (Å²) in [6.07, 6.45) is 5.47. The number of carbonyl (C=O) groups is 1. The van der Waals surface area contributed by atoms with Crippen LogP contribution in [0.15, 0.2) is 42.7 Å². The van der Waals surface area contributed by atoms with Crippen molar-refractivity contribution in [3.8, 4) is 0 Å². The number of anilines is 1. The van der Waals surface area contributed by atoms with E-state index in [1.54, 1.807) is 6.20 Å². The van der Waals surface area contributed by atoms with Gasteiger partial charge in [-0.05, 0) is 31.9 Å². The van der Waals surface area contributed by atoms with Crippen molar-refractivity contribution in [2.45, 2.75) is 31.8 Å². The molecule has 1 aromatic carbocycles. The molecule has 5 nitrogen and oxygen atoms in total. The van der Waals surface area contributed by atoms with Gasteiger partial charge in [-0.3, -0.25) is 9.48 Å². The quantitative estimate of drug-likeness (QED) is 0.903. The Morgan fingerprint density at radius 3 is 2.95 bits per heavy atom. The van der Waals surface area contributed by atoms with E-state index in [1.165, 1.54) is 5.56 Å². The Hall–Kier alpha value is -2.14. The number of rotatable bonds is 4. The molecule has 1 aliphatic heterocycles. The first kappa shape index (κ1) is 13.8.